The third-order valence-corrected chi connectivity index (χ3v) is 2.09. The van der Waals surface area contributed by atoms with Crippen LogP contribution < -0.4 is 0 Å². The van der Waals surface area contributed by atoms with Crippen molar-refractivity contribution in [3.63, 3.8) is 0 Å². The quantitative estimate of drug-likeness (QED) is 0.400. The number of ether oxygens (including phenoxy) is 2. The molecule has 80 valence electrons. The Morgan fingerprint density at radius 2 is 1.93 bits per heavy atom. The minimum absolute atomic E-state index is 0.600. The van der Waals surface area contributed by atoms with Gasteiger partial charge in [0.1, 0.15) is 24.6 Å². The molecule has 0 amide bonds. The molecule has 0 spiro atoms. The van der Waals surface area contributed by atoms with E-state index in [1.807, 2.05) is 0 Å². The summed E-state index contributed by atoms with van der Waals surface area (Å²) in [5, 5.41) is 28.1. The maximum atomic E-state index is 9.42. The van der Waals surface area contributed by atoms with Crippen molar-refractivity contribution in [3.05, 3.63) is 18.6 Å². The summed E-state index contributed by atoms with van der Waals surface area (Å²) in [5.41, 5.74) is 2.34. The van der Waals surface area contributed by atoms with Gasteiger partial charge in [0.15, 0.2) is 0 Å². The lowest BCUT2D eigenvalue weighted by molar-refractivity contribution is -0.279. The van der Waals surface area contributed by atoms with Crippen molar-refractivity contribution in [2.24, 2.45) is 0 Å². The van der Waals surface area contributed by atoms with Gasteiger partial charge in [-0.05, 0) is 6.92 Å². The normalized spacial score (nSPS) is 42.7. The average molecular weight is 202 g/mol. The van der Waals surface area contributed by atoms with Crippen molar-refractivity contribution in [1.82, 2.24) is 0 Å². The van der Waals surface area contributed by atoms with Crippen LogP contribution in [-0.2, 0) is 9.47 Å². The summed E-state index contributed by atoms with van der Waals surface area (Å²) in [7, 11) is 0. The summed E-state index contributed by atoms with van der Waals surface area (Å²) < 4.78 is 9.99. The highest BCUT2D eigenvalue weighted by atomic mass is 16.7. The lowest BCUT2D eigenvalue weighted by Crippen LogP contribution is -2.56. The maximum Gasteiger partial charge on any atom is 0.229 e. The van der Waals surface area contributed by atoms with Crippen LogP contribution in [-0.4, -0.2) is 46.0 Å². The van der Waals surface area contributed by atoms with Crippen molar-refractivity contribution in [1.29, 1.82) is 0 Å². The Morgan fingerprint density at radius 3 is 2.50 bits per heavy atom. The molecule has 5 heteroatoms. The summed E-state index contributed by atoms with van der Waals surface area (Å²) in [5.74, 6) is 0. The van der Waals surface area contributed by atoms with Gasteiger partial charge in [-0.3, -0.25) is 0 Å². The number of aliphatic hydroxyl groups is 3. The van der Waals surface area contributed by atoms with Gasteiger partial charge in [-0.15, -0.1) is 0 Å². The molecule has 3 N–H and O–H groups in total. The molecule has 0 bridgehead atoms. The second-order valence-corrected chi connectivity index (χ2v) is 3.14. The van der Waals surface area contributed by atoms with Crippen molar-refractivity contribution in [3.8, 4) is 0 Å². The van der Waals surface area contributed by atoms with Gasteiger partial charge in [0.05, 0.1) is 6.10 Å². The van der Waals surface area contributed by atoms with Gasteiger partial charge < -0.3 is 24.8 Å². The Bertz CT molecular complexity index is 235. The molecule has 1 rings (SSSR count). The van der Waals surface area contributed by atoms with E-state index < -0.39 is 30.7 Å². The molecular formula is C9H14O5. The fourth-order valence-electron chi connectivity index (χ4n) is 1.24. The Balaban J connectivity index is 2.64. The predicted molar refractivity (Wildman–Crippen MR) is 47.2 cm³/mol. The van der Waals surface area contributed by atoms with E-state index >= 15 is 0 Å². The van der Waals surface area contributed by atoms with E-state index in [4.69, 9.17) is 9.47 Å². The molecule has 0 radical (unpaired) electrons. The second-order valence-electron chi connectivity index (χ2n) is 3.14. The molecule has 0 aromatic carbocycles. The summed E-state index contributed by atoms with van der Waals surface area (Å²) >= 11 is 0. The molecular weight excluding hydrogens is 188 g/mol. The molecule has 0 saturated carbocycles. The van der Waals surface area contributed by atoms with Gasteiger partial charge in [0.25, 0.3) is 0 Å². The van der Waals surface area contributed by atoms with Crippen LogP contribution >= 0.6 is 0 Å². The maximum absolute atomic E-state index is 9.42. The SMILES string of the molecule is C=C=CO[C@@H]1O[C@@H](C)[C@@H](O)[C@@H](O)[C@@H]1O. The Kier molecular flexibility index (Phi) is 3.69. The number of hydrogen-bond acceptors (Lipinski definition) is 5. The molecule has 0 unspecified atom stereocenters. The molecule has 0 aromatic heterocycles. The highest BCUT2D eigenvalue weighted by Gasteiger charge is 2.42. The third-order valence-electron chi connectivity index (χ3n) is 2.09. The molecule has 1 aliphatic heterocycles. The zero-order chi connectivity index (χ0) is 10.7. The summed E-state index contributed by atoms with van der Waals surface area (Å²) in [6, 6.07) is 0. The predicted octanol–water partition coefficient (Wildman–Crippen LogP) is -0.871. The van der Waals surface area contributed by atoms with Crippen molar-refractivity contribution in [2.75, 3.05) is 0 Å². The summed E-state index contributed by atoms with van der Waals surface area (Å²) in [6.07, 6.45) is -4.15. The Hall–Kier alpha value is -0.840. The molecule has 1 fully saturated rings. The van der Waals surface area contributed by atoms with Crippen molar-refractivity contribution in [2.45, 2.75) is 37.6 Å². The molecule has 1 heterocycles. The minimum atomic E-state index is -1.29. The zero-order valence-electron chi connectivity index (χ0n) is 7.83. The second kappa shape index (κ2) is 4.59. The Labute approximate surface area is 81.9 Å². The van der Waals surface area contributed by atoms with Crippen LogP contribution in [0.4, 0.5) is 0 Å². The molecule has 0 aliphatic carbocycles. The van der Waals surface area contributed by atoms with Gasteiger partial charge in [0.2, 0.25) is 6.29 Å². The number of aliphatic hydroxyl groups excluding tert-OH is 3. The van der Waals surface area contributed by atoms with E-state index in [9.17, 15) is 15.3 Å². The Morgan fingerprint density at radius 1 is 1.29 bits per heavy atom. The average Bonchev–Trinajstić information content (AvgIpc) is 2.18. The minimum Gasteiger partial charge on any atom is -0.461 e. The molecule has 1 saturated heterocycles. The van der Waals surface area contributed by atoms with Crippen LogP contribution in [0.5, 0.6) is 0 Å². The smallest absolute Gasteiger partial charge is 0.229 e. The monoisotopic (exact) mass is 202 g/mol. The highest BCUT2D eigenvalue weighted by Crippen LogP contribution is 2.21. The largest absolute Gasteiger partial charge is 0.461 e. The van der Waals surface area contributed by atoms with Crippen LogP contribution in [0.1, 0.15) is 6.92 Å². The first-order valence-electron chi connectivity index (χ1n) is 4.27. The number of rotatable bonds is 2. The summed E-state index contributed by atoms with van der Waals surface area (Å²) in [6.45, 7) is 4.85. The topological polar surface area (TPSA) is 79.2 Å². The van der Waals surface area contributed by atoms with Gasteiger partial charge in [-0.25, -0.2) is 0 Å². The zero-order valence-corrected chi connectivity index (χ0v) is 7.83. The van der Waals surface area contributed by atoms with Gasteiger partial charge in [0, 0.05) is 0 Å². The molecule has 5 atom stereocenters. The highest BCUT2D eigenvalue weighted by molar-refractivity contribution is 4.87. The fourth-order valence-corrected chi connectivity index (χ4v) is 1.24. The van der Waals surface area contributed by atoms with E-state index in [0.717, 1.165) is 6.26 Å². The first-order chi connectivity index (χ1) is 6.57. The van der Waals surface area contributed by atoms with Crippen LogP contribution in [0.2, 0.25) is 0 Å². The standard InChI is InChI=1S/C9H14O5/c1-3-4-13-9-8(12)7(11)6(10)5(2)14-9/h4-12H,1H2,2H3/t5-,6+,7+,8-,9+/m0/s1. The van der Waals surface area contributed by atoms with Crippen molar-refractivity contribution < 1.29 is 24.8 Å². The lowest BCUT2D eigenvalue weighted by Gasteiger charge is -2.38. The fraction of sp³-hybridized carbons (Fsp3) is 0.667. The summed E-state index contributed by atoms with van der Waals surface area (Å²) in [4.78, 5) is 0. The first kappa shape index (κ1) is 11.2. The van der Waals surface area contributed by atoms with Crippen LogP contribution in [0.15, 0.2) is 18.6 Å². The van der Waals surface area contributed by atoms with Crippen LogP contribution in [0.3, 0.4) is 0 Å². The number of hydrogen-bond donors (Lipinski definition) is 3. The molecule has 5 nitrogen and oxygen atoms in total. The first-order valence-corrected chi connectivity index (χ1v) is 4.27. The van der Waals surface area contributed by atoms with Gasteiger partial charge >= 0.3 is 0 Å². The van der Waals surface area contributed by atoms with E-state index in [0.29, 0.717) is 0 Å². The molecule has 14 heavy (non-hydrogen) atoms. The lowest BCUT2D eigenvalue weighted by atomic mass is 10.0. The van der Waals surface area contributed by atoms with Gasteiger partial charge in [-0.2, -0.15) is 0 Å². The van der Waals surface area contributed by atoms with E-state index in [2.05, 4.69) is 12.3 Å². The van der Waals surface area contributed by atoms with Crippen LogP contribution in [0.25, 0.3) is 0 Å². The van der Waals surface area contributed by atoms with Crippen molar-refractivity contribution >= 4 is 0 Å². The van der Waals surface area contributed by atoms with Crippen LogP contribution in [0, 0.1) is 0 Å². The van der Waals surface area contributed by atoms with E-state index in [1.54, 1.807) is 6.92 Å². The van der Waals surface area contributed by atoms with Gasteiger partial charge in [-0.1, -0.05) is 12.3 Å². The van der Waals surface area contributed by atoms with E-state index in [1.165, 1.54) is 0 Å². The molecule has 0 aromatic rings. The molecule has 1 aliphatic rings. The van der Waals surface area contributed by atoms with E-state index in [-0.39, 0.29) is 0 Å². The third kappa shape index (κ3) is 2.15.